The second-order valence-corrected chi connectivity index (χ2v) is 9.03. The average Bonchev–Trinajstić information content (AvgIpc) is 3.20. The first kappa shape index (κ1) is 21.0. The molecule has 3 saturated heterocycles. The number of hydrogen-bond donors (Lipinski definition) is 1. The maximum Gasteiger partial charge on any atom is 0.327 e. The summed E-state index contributed by atoms with van der Waals surface area (Å²) in [5, 5.41) is 3.59. The molecule has 1 N–H and O–H groups in total. The van der Waals surface area contributed by atoms with Gasteiger partial charge in [-0.2, -0.15) is 0 Å². The lowest BCUT2D eigenvalue weighted by atomic mass is 10.1. The number of benzene rings is 2. The van der Waals surface area contributed by atoms with Gasteiger partial charge in [-0.25, -0.2) is 4.79 Å². The number of amides is 3. The quantitative estimate of drug-likeness (QED) is 0.786. The molecule has 7 nitrogen and oxygen atoms in total. The summed E-state index contributed by atoms with van der Waals surface area (Å²) < 4.78 is 0. The molecule has 0 aliphatic carbocycles. The molecular weight excluding hydrogens is 402 g/mol. The molecule has 3 aliphatic rings. The zero-order chi connectivity index (χ0) is 22.2. The Hall–Kier alpha value is -2.90. The molecule has 3 unspecified atom stereocenters. The first-order chi connectivity index (χ1) is 15.5. The van der Waals surface area contributed by atoms with Gasteiger partial charge in [-0.15, -0.1) is 0 Å². The summed E-state index contributed by atoms with van der Waals surface area (Å²) in [7, 11) is 1.80. The Balaban J connectivity index is 1.34. The number of fused-ring (bicyclic) bond motifs is 3. The highest BCUT2D eigenvalue weighted by atomic mass is 16.2. The van der Waals surface area contributed by atoms with Crippen molar-refractivity contribution in [2.45, 2.75) is 44.7 Å². The van der Waals surface area contributed by atoms with Crippen LogP contribution < -0.4 is 10.2 Å². The summed E-state index contributed by atoms with van der Waals surface area (Å²) in [5.74, 6) is -0.0766. The minimum atomic E-state index is -0.355. The molecule has 3 heterocycles. The second-order valence-electron chi connectivity index (χ2n) is 9.03. The molecule has 3 atom stereocenters. The molecule has 32 heavy (non-hydrogen) atoms. The maximum atomic E-state index is 13.5. The largest absolute Gasteiger partial charge is 0.343 e. The van der Waals surface area contributed by atoms with Crippen LogP contribution in [0.4, 0.5) is 10.5 Å². The molecule has 3 aliphatic heterocycles. The van der Waals surface area contributed by atoms with Crippen molar-refractivity contribution in [2.24, 2.45) is 0 Å². The van der Waals surface area contributed by atoms with Crippen LogP contribution in [-0.2, 0) is 11.2 Å². The lowest BCUT2D eigenvalue weighted by Gasteiger charge is -2.44. The predicted octanol–water partition coefficient (Wildman–Crippen LogP) is 2.62. The Kier molecular flexibility index (Phi) is 5.61. The van der Waals surface area contributed by atoms with E-state index < -0.39 is 0 Å². The van der Waals surface area contributed by atoms with Crippen LogP contribution in [-0.4, -0.2) is 71.8 Å². The number of carbonyl (C=O) groups is 2. The third-order valence-electron chi connectivity index (χ3n) is 6.89. The summed E-state index contributed by atoms with van der Waals surface area (Å²) in [6.07, 6.45) is 2.19. The number of urea groups is 1. The molecule has 0 radical (unpaired) electrons. The van der Waals surface area contributed by atoms with Gasteiger partial charge in [0.2, 0.25) is 0 Å². The lowest BCUT2D eigenvalue weighted by Crippen LogP contribution is -2.66. The molecule has 0 aromatic heterocycles. The second kappa shape index (κ2) is 8.56. The topological polar surface area (TPSA) is 59.1 Å². The van der Waals surface area contributed by atoms with Gasteiger partial charge in [0.25, 0.3) is 5.91 Å². The van der Waals surface area contributed by atoms with Crippen molar-refractivity contribution >= 4 is 17.6 Å². The van der Waals surface area contributed by atoms with Crippen LogP contribution in [0, 0.1) is 6.92 Å². The van der Waals surface area contributed by atoms with E-state index >= 15 is 0 Å². The van der Waals surface area contributed by atoms with Gasteiger partial charge in [-0.1, -0.05) is 42.5 Å². The van der Waals surface area contributed by atoms with Crippen LogP contribution >= 0.6 is 0 Å². The van der Waals surface area contributed by atoms with E-state index in [2.05, 4.69) is 58.4 Å². The Labute approximate surface area is 189 Å². The molecule has 168 valence electrons. The number of aryl methyl sites for hydroxylation is 2. The summed E-state index contributed by atoms with van der Waals surface area (Å²) >= 11 is 0. The molecule has 0 saturated carbocycles. The smallest absolute Gasteiger partial charge is 0.327 e. The maximum absolute atomic E-state index is 13.5. The molecule has 2 aromatic rings. The fraction of sp³-hybridized carbons (Fsp3) is 0.440. The van der Waals surface area contributed by atoms with Crippen molar-refractivity contribution in [1.29, 1.82) is 0 Å². The highest BCUT2D eigenvalue weighted by molar-refractivity contribution is 6.00. The van der Waals surface area contributed by atoms with Gasteiger partial charge in [0.05, 0.1) is 0 Å². The molecule has 7 heteroatoms. The van der Waals surface area contributed by atoms with Crippen molar-refractivity contribution in [2.75, 3.05) is 31.6 Å². The fourth-order valence-electron chi connectivity index (χ4n) is 5.28. The molecule has 5 rings (SSSR count). The van der Waals surface area contributed by atoms with Crippen LogP contribution in [0.1, 0.15) is 24.0 Å². The van der Waals surface area contributed by atoms with Crippen LogP contribution in [0.2, 0.25) is 0 Å². The minimum Gasteiger partial charge on any atom is -0.343 e. The van der Waals surface area contributed by atoms with Crippen LogP contribution in [0.15, 0.2) is 54.6 Å². The standard InChI is InChI=1S/C25H31N5O2/c1-18-9-6-13-20(17-18)28-15-8-16-29-21-22(26-24(28)29)27(2)25(32)30(23(21)31)14-7-12-19-10-4-3-5-11-19/h3-6,9-11,13,17,21-22,24,26H,7-8,12,14-16H2,1-2H3. The first-order valence-electron chi connectivity index (χ1n) is 11.5. The van der Waals surface area contributed by atoms with Gasteiger partial charge in [0, 0.05) is 32.4 Å². The van der Waals surface area contributed by atoms with E-state index in [-0.39, 0.29) is 30.4 Å². The monoisotopic (exact) mass is 433 g/mol. The highest BCUT2D eigenvalue weighted by Gasteiger charge is 2.55. The number of hydrogen-bond acceptors (Lipinski definition) is 5. The summed E-state index contributed by atoms with van der Waals surface area (Å²) in [6.45, 7) is 4.30. The van der Waals surface area contributed by atoms with Crippen molar-refractivity contribution < 1.29 is 9.59 Å². The fourth-order valence-corrected chi connectivity index (χ4v) is 5.28. The Morgan fingerprint density at radius 3 is 2.62 bits per heavy atom. The zero-order valence-corrected chi connectivity index (χ0v) is 18.8. The summed E-state index contributed by atoms with van der Waals surface area (Å²) in [6, 6.07) is 18.1. The van der Waals surface area contributed by atoms with E-state index in [4.69, 9.17) is 0 Å². The van der Waals surface area contributed by atoms with E-state index in [1.54, 1.807) is 11.9 Å². The SMILES string of the molecule is Cc1cccc(N2CCCN3C4C(=O)N(CCCc5ccccc5)C(=O)N(C)C4NC23)c1. The molecule has 2 aromatic carbocycles. The van der Waals surface area contributed by atoms with Gasteiger partial charge in [0.15, 0.2) is 0 Å². The van der Waals surface area contributed by atoms with Gasteiger partial charge < -0.3 is 9.80 Å². The molecule has 3 fully saturated rings. The Morgan fingerprint density at radius 2 is 1.84 bits per heavy atom. The Morgan fingerprint density at radius 1 is 1.03 bits per heavy atom. The van der Waals surface area contributed by atoms with Crippen LogP contribution in [0.5, 0.6) is 0 Å². The normalized spacial score (nSPS) is 25.8. The van der Waals surface area contributed by atoms with Gasteiger partial charge in [0.1, 0.15) is 18.5 Å². The highest BCUT2D eigenvalue weighted by Crippen LogP contribution is 2.33. The van der Waals surface area contributed by atoms with E-state index in [1.165, 1.54) is 16.0 Å². The first-order valence-corrected chi connectivity index (χ1v) is 11.5. The molecule has 0 spiro atoms. The number of rotatable bonds is 5. The van der Waals surface area contributed by atoms with Crippen molar-refractivity contribution in [3.05, 3.63) is 65.7 Å². The average molecular weight is 434 g/mol. The third-order valence-corrected chi connectivity index (χ3v) is 6.89. The van der Waals surface area contributed by atoms with Crippen molar-refractivity contribution in [3.63, 3.8) is 0 Å². The molecular formula is C25H31N5O2. The predicted molar refractivity (Wildman–Crippen MR) is 124 cm³/mol. The number of carbonyl (C=O) groups excluding carboxylic acids is 2. The molecule has 3 amide bonds. The third kappa shape index (κ3) is 3.65. The van der Waals surface area contributed by atoms with E-state index in [0.717, 1.165) is 38.0 Å². The van der Waals surface area contributed by atoms with Gasteiger partial charge in [-0.3, -0.25) is 19.9 Å². The Bertz CT molecular complexity index is 997. The van der Waals surface area contributed by atoms with Crippen molar-refractivity contribution in [3.8, 4) is 0 Å². The van der Waals surface area contributed by atoms with Crippen LogP contribution in [0.3, 0.4) is 0 Å². The number of imide groups is 1. The number of anilines is 1. The number of likely N-dealkylation sites (N-methyl/N-ethyl adjacent to an activating group) is 1. The van der Waals surface area contributed by atoms with E-state index in [9.17, 15) is 9.59 Å². The van der Waals surface area contributed by atoms with Crippen molar-refractivity contribution in [1.82, 2.24) is 20.0 Å². The minimum absolute atomic E-state index is 0.0766. The van der Waals surface area contributed by atoms with Gasteiger partial charge in [-0.05, 0) is 49.4 Å². The zero-order valence-electron chi connectivity index (χ0n) is 18.8. The number of nitrogens with zero attached hydrogens (tertiary/aromatic N) is 4. The lowest BCUT2D eigenvalue weighted by molar-refractivity contribution is -0.138. The van der Waals surface area contributed by atoms with E-state index in [0.29, 0.717) is 6.54 Å². The van der Waals surface area contributed by atoms with Gasteiger partial charge >= 0.3 is 6.03 Å². The van der Waals surface area contributed by atoms with E-state index in [1.807, 2.05) is 18.2 Å². The van der Waals surface area contributed by atoms with Crippen LogP contribution in [0.25, 0.3) is 0 Å². The molecule has 0 bridgehead atoms. The number of nitrogens with one attached hydrogen (secondary N) is 1. The summed E-state index contributed by atoms with van der Waals surface area (Å²) in [4.78, 5) is 34.3. The summed E-state index contributed by atoms with van der Waals surface area (Å²) in [5.41, 5.74) is 3.58.